The van der Waals surface area contributed by atoms with E-state index in [1.807, 2.05) is 6.92 Å². The molecule has 1 rings (SSSR count). The average molecular weight is 257 g/mol. The Morgan fingerprint density at radius 1 is 1.43 bits per heavy atom. The highest BCUT2D eigenvalue weighted by Crippen LogP contribution is 2.24. The van der Waals surface area contributed by atoms with Crippen LogP contribution in [0.25, 0.3) is 0 Å². The molecule has 0 heterocycles. The highest BCUT2D eigenvalue weighted by molar-refractivity contribution is 9.10. The van der Waals surface area contributed by atoms with Crippen LogP contribution < -0.4 is 0 Å². The second-order valence-corrected chi connectivity index (χ2v) is 4.54. The molecule has 0 bridgehead atoms. The van der Waals surface area contributed by atoms with Crippen LogP contribution in [-0.2, 0) is 6.42 Å². The largest absolute Gasteiger partial charge is 0.396 e. The minimum absolute atomic E-state index is 0.208. The lowest BCUT2D eigenvalue weighted by Crippen LogP contribution is -1.99. The van der Waals surface area contributed by atoms with Crippen molar-refractivity contribution in [1.29, 1.82) is 0 Å². The second-order valence-electron chi connectivity index (χ2n) is 3.68. The monoisotopic (exact) mass is 256 g/mol. The average Bonchev–Trinajstić information content (AvgIpc) is 2.20. The predicted molar refractivity (Wildman–Crippen MR) is 63.6 cm³/mol. The quantitative estimate of drug-likeness (QED) is 0.875. The zero-order chi connectivity index (χ0) is 10.6. The minimum Gasteiger partial charge on any atom is -0.396 e. The number of aryl methyl sites for hydroxylation is 1. The third-order valence-corrected chi connectivity index (χ3v) is 3.18. The number of aliphatic hydroxyl groups is 1. The van der Waals surface area contributed by atoms with Gasteiger partial charge in [-0.05, 0) is 23.6 Å². The summed E-state index contributed by atoms with van der Waals surface area (Å²) in [6.45, 7) is 4.41. The van der Waals surface area contributed by atoms with Crippen LogP contribution in [0, 0.1) is 0 Å². The van der Waals surface area contributed by atoms with Gasteiger partial charge < -0.3 is 5.11 Å². The lowest BCUT2D eigenvalue weighted by atomic mass is 9.99. The number of benzene rings is 1. The summed E-state index contributed by atoms with van der Waals surface area (Å²) in [5.41, 5.74) is 2.54. The van der Waals surface area contributed by atoms with Gasteiger partial charge in [-0.3, -0.25) is 0 Å². The predicted octanol–water partition coefficient (Wildman–Crippen LogP) is 3.50. The third kappa shape index (κ3) is 2.82. The van der Waals surface area contributed by atoms with Crippen LogP contribution in [0.4, 0.5) is 0 Å². The maximum atomic E-state index is 9.04. The van der Waals surface area contributed by atoms with Crippen LogP contribution in [0.15, 0.2) is 22.7 Å². The highest BCUT2D eigenvalue weighted by Gasteiger charge is 2.06. The molecule has 0 amide bonds. The zero-order valence-electron chi connectivity index (χ0n) is 8.76. The summed E-state index contributed by atoms with van der Waals surface area (Å²) in [6.07, 6.45) is 2.27. The Balaban J connectivity index is 2.88. The van der Waals surface area contributed by atoms with E-state index in [-0.39, 0.29) is 12.5 Å². The fourth-order valence-corrected chi connectivity index (χ4v) is 2.04. The molecule has 0 aliphatic carbocycles. The number of aliphatic hydroxyl groups excluding tert-OH is 1. The van der Waals surface area contributed by atoms with Crippen molar-refractivity contribution in [2.45, 2.75) is 32.6 Å². The lowest BCUT2D eigenvalue weighted by molar-refractivity contribution is 0.273. The van der Waals surface area contributed by atoms with E-state index in [2.05, 4.69) is 41.1 Å². The van der Waals surface area contributed by atoms with E-state index in [0.717, 1.165) is 17.3 Å². The van der Waals surface area contributed by atoms with Crippen molar-refractivity contribution in [3.8, 4) is 0 Å². The summed E-state index contributed by atoms with van der Waals surface area (Å²) in [5, 5.41) is 9.04. The van der Waals surface area contributed by atoms with Gasteiger partial charge in [0.05, 0.1) is 0 Å². The summed E-state index contributed by atoms with van der Waals surface area (Å²) in [5.74, 6) is 0.224. The maximum absolute atomic E-state index is 9.04. The van der Waals surface area contributed by atoms with Crippen molar-refractivity contribution >= 4 is 15.9 Å². The van der Waals surface area contributed by atoms with Gasteiger partial charge in [0, 0.05) is 17.0 Å². The van der Waals surface area contributed by atoms with Gasteiger partial charge in [0.25, 0.3) is 0 Å². The van der Waals surface area contributed by atoms with E-state index in [4.69, 9.17) is 5.11 Å². The molecule has 0 spiro atoms. The van der Waals surface area contributed by atoms with E-state index in [9.17, 15) is 0 Å². The first kappa shape index (κ1) is 11.7. The van der Waals surface area contributed by atoms with E-state index in [1.165, 1.54) is 11.1 Å². The summed E-state index contributed by atoms with van der Waals surface area (Å²) >= 11 is 3.56. The van der Waals surface area contributed by atoms with Crippen LogP contribution >= 0.6 is 15.9 Å². The van der Waals surface area contributed by atoms with Crippen LogP contribution in [0.1, 0.15) is 37.3 Å². The van der Waals surface area contributed by atoms with Gasteiger partial charge in [-0.25, -0.2) is 0 Å². The van der Waals surface area contributed by atoms with Crippen molar-refractivity contribution in [2.24, 2.45) is 0 Å². The van der Waals surface area contributed by atoms with Gasteiger partial charge in [-0.1, -0.05) is 48.3 Å². The molecule has 78 valence electrons. The third-order valence-electron chi connectivity index (χ3n) is 2.44. The zero-order valence-corrected chi connectivity index (χ0v) is 10.3. The van der Waals surface area contributed by atoms with Gasteiger partial charge >= 0.3 is 0 Å². The van der Waals surface area contributed by atoms with Crippen LogP contribution in [0.5, 0.6) is 0 Å². The minimum atomic E-state index is 0.208. The molecule has 1 atom stereocenters. The van der Waals surface area contributed by atoms with Gasteiger partial charge in [0.2, 0.25) is 0 Å². The fourth-order valence-electron chi connectivity index (χ4n) is 1.45. The van der Waals surface area contributed by atoms with E-state index in [1.54, 1.807) is 0 Å². The second kappa shape index (κ2) is 5.52. The van der Waals surface area contributed by atoms with Crippen molar-refractivity contribution in [3.05, 3.63) is 33.8 Å². The smallest absolute Gasteiger partial charge is 0.0497 e. The number of hydrogen-bond acceptors (Lipinski definition) is 1. The molecular formula is C12H17BrO. The van der Waals surface area contributed by atoms with Crippen LogP contribution in [0.2, 0.25) is 0 Å². The molecule has 14 heavy (non-hydrogen) atoms. The van der Waals surface area contributed by atoms with Gasteiger partial charge in [-0.2, -0.15) is 0 Å². The van der Waals surface area contributed by atoms with Crippen molar-refractivity contribution < 1.29 is 5.11 Å². The number of hydrogen-bond donors (Lipinski definition) is 1. The normalized spacial score (nSPS) is 12.9. The fraction of sp³-hybridized carbons (Fsp3) is 0.500. The standard InChI is InChI=1S/C12H17BrO/c1-3-4-10-5-6-11(7-12(10)13)9(2)8-14/h5-7,9,14H,3-4,8H2,1-2H3. The van der Waals surface area contributed by atoms with E-state index >= 15 is 0 Å². The molecule has 1 nitrogen and oxygen atoms in total. The topological polar surface area (TPSA) is 20.2 Å². The van der Waals surface area contributed by atoms with Gasteiger partial charge in [-0.15, -0.1) is 0 Å². The molecule has 0 fully saturated rings. The first-order valence-corrected chi connectivity index (χ1v) is 5.87. The molecule has 0 saturated heterocycles. The van der Waals surface area contributed by atoms with Crippen molar-refractivity contribution in [2.75, 3.05) is 6.61 Å². The molecule has 0 radical (unpaired) electrons. The molecule has 0 aliphatic rings. The first-order chi connectivity index (χ1) is 6.69. The van der Waals surface area contributed by atoms with Gasteiger partial charge in [0.1, 0.15) is 0 Å². The Bertz CT molecular complexity index is 296. The Labute approximate surface area is 94.3 Å². The summed E-state index contributed by atoms with van der Waals surface area (Å²) in [7, 11) is 0. The maximum Gasteiger partial charge on any atom is 0.0497 e. The summed E-state index contributed by atoms with van der Waals surface area (Å²) < 4.78 is 1.16. The Kier molecular flexibility index (Phi) is 4.63. The highest BCUT2D eigenvalue weighted by atomic mass is 79.9. The molecule has 1 aromatic carbocycles. The van der Waals surface area contributed by atoms with E-state index in [0.29, 0.717) is 0 Å². The SMILES string of the molecule is CCCc1ccc(C(C)CO)cc1Br. The molecule has 1 N–H and O–H groups in total. The molecule has 1 unspecified atom stereocenters. The molecule has 2 heteroatoms. The summed E-state index contributed by atoms with van der Waals surface area (Å²) in [6, 6.07) is 6.37. The summed E-state index contributed by atoms with van der Waals surface area (Å²) in [4.78, 5) is 0. The molecule has 0 aliphatic heterocycles. The molecule has 1 aromatic rings. The Morgan fingerprint density at radius 3 is 2.64 bits per heavy atom. The molecule has 0 saturated carbocycles. The first-order valence-electron chi connectivity index (χ1n) is 5.08. The van der Waals surface area contributed by atoms with Gasteiger partial charge in [0.15, 0.2) is 0 Å². The lowest BCUT2D eigenvalue weighted by Gasteiger charge is -2.10. The molecular weight excluding hydrogens is 240 g/mol. The van der Waals surface area contributed by atoms with Crippen molar-refractivity contribution in [3.63, 3.8) is 0 Å². The Hall–Kier alpha value is -0.340. The van der Waals surface area contributed by atoms with E-state index < -0.39 is 0 Å². The molecule has 0 aromatic heterocycles. The van der Waals surface area contributed by atoms with Crippen LogP contribution in [-0.4, -0.2) is 11.7 Å². The Morgan fingerprint density at radius 2 is 2.14 bits per heavy atom. The number of halogens is 1. The van der Waals surface area contributed by atoms with Crippen molar-refractivity contribution in [1.82, 2.24) is 0 Å². The van der Waals surface area contributed by atoms with Crippen LogP contribution in [0.3, 0.4) is 0 Å². The number of rotatable bonds is 4.